The van der Waals surface area contributed by atoms with Crippen molar-refractivity contribution in [2.45, 2.75) is 19.9 Å². The second kappa shape index (κ2) is 6.87. The number of thioether (sulfide) groups is 1. The van der Waals surface area contributed by atoms with Gasteiger partial charge >= 0.3 is 0 Å². The second-order valence-corrected chi connectivity index (χ2v) is 5.48. The van der Waals surface area contributed by atoms with Crippen LogP contribution in [0.3, 0.4) is 0 Å². The lowest BCUT2D eigenvalue weighted by Gasteiger charge is -2.15. The molecule has 4 heteroatoms. The van der Waals surface area contributed by atoms with Crippen LogP contribution in [0, 0.1) is 11.7 Å². The van der Waals surface area contributed by atoms with Gasteiger partial charge in [-0.05, 0) is 17.7 Å². The van der Waals surface area contributed by atoms with E-state index in [-0.39, 0.29) is 17.6 Å². The minimum Gasteiger partial charge on any atom is -0.494 e. The summed E-state index contributed by atoms with van der Waals surface area (Å²) in [4.78, 5) is 0. The van der Waals surface area contributed by atoms with Gasteiger partial charge in [-0.1, -0.05) is 26.0 Å². The molecule has 0 saturated carbocycles. The maximum Gasteiger partial charge on any atom is 0.169 e. The molecule has 0 aliphatic carbocycles. The van der Waals surface area contributed by atoms with Crippen molar-refractivity contribution in [2.75, 3.05) is 18.6 Å². The Hall–Kier alpha value is -0.740. The highest BCUT2D eigenvalue weighted by Gasteiger charge is 2.15. The van der Waals surface area contributed by atoms with Crippen molar-refractivity contribution in [3.8, 4) is 5.75 Å². The van der Waals surface area contributed by atoms with Gasteiger partial charge in [-0.15, -0.1) is 0 Å². The second-order valence-electron chi connectivity index (χ2n) is 4.40. The Kier molecular flexibility index (Phi) is 5.78. The van der Waals surface area contributed by atoms with Gasteiger partial charge in [-0.3, -0.25) is 0 Å². The molecule has 2 N–H and O–H groups in total. The van der Waals surface area contributed by atoms with Crippen LogP contribution in [-0.4, -0.2) is 18.6 Å². The Morgan fingerprint density at radius 2 is 2.06 bits per heavy atom. The smallest absolute Gasteiger partial charge is 0.169 e. The Morgan fingerprint density at radius 3 is 2.65 bits per heavy atom. The van der Waals surface area contributed by atoms with E-state index in [1.54, 1.807) is 30.0 Å². The highest BCUT2D eigenvalue weighted by atomic mass is 32.2. The maximum absolute atomic E-state index is 13.9. The largest absolute Gasteiger partial charge is 0.494 e. The fourth-order valence-corrected chi connectivity index (χ4v) is 2.53. The van der Waals surface area contributed by atoms with Crippen LogP contribution in [-0.2, 0) is 0 Å². The molecule has 0 aliphatic heterocycles. The summed E-state index contributed by atoms with van der Waals surface area (Å²) in [6.07, 6.45) is 0. The molecule has 0 fully saturated rings. The Labute approximate surface area is 107 Å². The zero-order chi connectivity index (χ0) is 12.8. The number of hydrogen-bond donors (Lipinski definition) is 1. The Bertz CT molecular complexity index is 357. The fourth-order valence-electron chi connectivity index (χ4n) is 1.49. The van der Waals surface area contributed by atoms with Gasteiger partial charge in [-0.2, -0.15) is 11.8 Å². The summed E-state index contributed by atoms with van der Waals surface area (Å²) in [5.41, 5.74) is 6.52. The molecule has 1 unspecified atom stereocenters. The number of hydrogen-bond acceptors (Lipinski definition) is 3. The number of nitrogens with two attached hydrogens (primary N) is 1. The van der Waals surface area contributed by atoms with Gasteiger partial charge in [-0.25, -0.2) is 4.39 Å². The summed E-state index contributed by atoms with van der Waals surface area (Å²) >= 11 is 1.75. The van der Waals surface area contributed by atoms with E-state index in [4.69, 9.17) is 10.5 Å². The number of ether oxygens (including phenoxy) is 1. The standard InChI is InChI=1S/C13H20FNOS/c1-9(2)7-17-8-11(15)10-5-4-6-12(16-3)13(10)14/h4-6,9,11H,7-8,15H2,1-3H3. The molecule has 2 nitrogen and oxygen atoms in total. The molecule has 17 heavy (non-hydrogen) atoms. The first-order chi connectivity index (χ1) is 8.06. The monoisotopic (exact) mass is 257 g/mol. The number of rotatable bonds is 6. The molecule has 0 radical (unpaired) electrons. The lowest BCUT2D eigenvalue weighted by atomic mass is 10.1. The summed E-state index contributed by atoms with van der Waals surface area (Å²) < 4.78 is 18.8. The minimum atomic E-state index is -0.340. The first-order valence-electron chi connectivity index (χ1n) is 5.72. The molecule has 0 bridgehead atoms. The zero-order valence-electron chi connectivity index (χ0n) is 10.6. The molecule has 1 aromatic carbocycles. The van der Waals surface area contributed by atoms with Crippen LogP contribution in [0.25, 0.3) is 0 Å². The van der Waals surface area contributed by atoms with Gasteiger partial charge in [0.1, 0.15) is 0 Å². The molecule has 0 aliphatic rings. The minimum absolute atomic E-state index is 0.256. The molecule has 0 amide bonds. The first-order valence-corrected chi connectivity index (χ1v) is 6.87. The topological polar surface area (TPSA) is 35.2 Å². The molecule has 0 heterocycles. The molecule has 1 atom stereocenters. The summed E-state index contributed by atoms with van der Waals surface area (Å²) in [7, 11) is 1.46. The fraction of sp³-hybridized carbons (Fsp3) is 0.538. The van der Waals surface area contributed by atoms with E-state index in [0.717, 1.165) is 11.5 Å². The van der Waals surface area contributed by atoms with Gasteiger partial charge in [0.25, 0.3) is 0 Å². The average Bonchev–Trinajstić information content (AvgIpc) is 2.28. The van der Waals surface area contributed by atoms with Crippen LogP contribution >= 0.6 is 11.8 Å². The summed E-state index contributed by atoms with van der Waals surface area (Å²) in [5, 5.41) is 0. The van der Waals surface area contributed by atoms with E-state index in [1.165, 1.54) is 7.11 Å². The van der Waals surface area contributed by atoms with Crippen molar-refractivity contribution >= 4 is 11.8 Å². The van der Waals surface area contributed by atoms with Crippen LogP contribution in [0.4, 0.5) is 4.39 Å². The molecule has 0 aromatic heterocycles. The van der Waals surface area contributed by atoms with Crippen LogP contribution in [0.5, 0.6) is 5.75 Å². The highest BCUT2D eigenvalue weighted by molar-refractivity contribution is 7.99. The van der Waals surface area contributed by atoms with Crippen LogP contribution in [0.2, 0.25) is 0 Å². The normalized spacial score (nSPS) is 12.8. The van der Waals surface area contributed by atoms with Gasteiger partial charge in [0.15, 0.2) is 11.6 Å². The predicted molar refractivity (Wildman–Crippen MR) is 72.0 cm³/mol. The van der Waals surface area contributed by atoms with E-state index < -0.39 is 0 Å². The van der Waals surface area contributed by atoms with Gasteiger partial charge < -0.3 is 10.5 Å². The first kappa shape index (κ1) is 14.3. The van der Waals surface area contributed by atoms with Crippen LogP contribution in [0.15, 0.2) is 18.2 Å². The van der Waals surface area contributed by atoms with E-state index in [9.17, 15) is 4.39 Å². The molecule has 0 saturated heterocycles. The summed E-state index contributed by atoms with van der Waals surface area (Å²) in [6.45, 7) is 4.31. The highest BCUT2D eigenvalue weighted by Crippen LogP contribution is 2.26. The summed E-state index contributed by atoms with van der Waals surface area (Å²) in [6, 6.07) is 4.81. The zero-order valence-corrected chi connectivity index (χ0v) is 11.4. The van der Waals surface area contributed by atoms with E-state index >= 15 is 0 Å². The van der Waals surface area contributed by atoms with Crippen molar-refractivity contribution in [1.82, 2.24) is 0 Å². The Morgan fingerprint density at radius 1 is 1.35 bits per heavy atom. The quantitative estimate of drug-likeness (QED) is 0.850. The average molecular weight is 257 g/mol. The predicted octanol–water partition coefficient (Wildman–Crippen LogP) is 3.22. The lowest BCUT2D eigenvalue weighted by Crippen LogP contribution is -2.15. The van der Waals surface area contributed by atoms with Crippen molar-refractivity contribution in [3.05, 3.63) is 29.6 Å². The third kappa shape index (κ3) is 4.21. The van der Waals surface area contributed by atoms with E-state index in [0.29, 0.717) is 11.5 Å². The van der Waals surface area contributed by atoms with Crippen LogP contribution in [0.1, 0.15) is 25.5 Å². The molecular formula is C13H20FNOS. The maximum atomic E-state index is 13.9. The molecule has 96 valence electrons. The number of halogens is 1. The number of benzene rings is 1. The van der Waals surface area contributed by atoms with E-state index in [1.807, 2.05) is 0 Å². The lowest BCUT2D eigenvalue weighted by molar-refractivity contribution is 0.383. The van der Waals surface area contributed by atoms with E-state index in [2.05, 4.69) is 13.8 Å². The molecule has 0 spiro atoms. The van der Waals surface area contributed by atoms with Gasteiger partial charge in [0, 0.05) is 17.4 Å². The van der Waals surface area contributed by atoms with Crippen molar-refractivity contribution < 1.29 is 9.13 Å². The van der Waals surface area contributed by atoms with Crippen molar-refractivity contribution in [1.29, 1.82) is 0 Å². The number of methoxy groups -OCH3 is 1. The van der Waals surface area contributed by atoms with Crippen molar-refractivity contribution in [3.63, 3.8) is 0 Å². The van der Waals surface area contributed by atoms with Gasteiger partial charge in [0.2, 0.25) is 0 Å². The molecule has 1 aromatic rings. The van der Waals surface area contributed by atoms with Crippen LogP contribution < -0.4 is 10.5 Å². The third-order valence-electron chi connectivity index (χ3n) is 2.36. The third-order valence-corrected chi connectivity index (χ3v) is 3.86. The molecule has 1 rings (SSSR count). The summed E-state index contributed by atoms with van der Waals surface area (Å²) in [5.74, 6) is 2.31. The molecular weight excluding hydrogens is 237 g/mol. The SMILES string of the molecule is COc1cccc(C(N)CSCC(C)C)c1F. The Balaban J connectivity index is 2.65. The van der Waals surface area contributed by atoms with Gasteiger partial charge in [0.05, 0.1) is 7.11 Å². The van der Waals surface area contributed by atoms with Crippen molar-refractivity contribution in [2.24, 2.45) is 11.7 Å².